The van der Waals surface area contributed by atoms with Crippen molar-refractivity contribution < 1.29 is 19.1 Å². The number of carbonyl (C=O) groups excluding carboxylic acids is 2. The molecule has 0 aliphatic heterocycles. The van der Waals surface area contributed by atoms with Gasteiger partial charge >= 0.3 is 11.9 Å². The summed E-state index contributed by atoms with van der Waals surface area (Å²) in [4.78, 5) is 47.7. The third-order valence-electron chi connectivity index (χ3n) is 4.75. The van der Waals surface area contributed by atoms with Gasteiger partial charge in [0.1, 0.15) is 6.04 Å². The highest BCUT2D eigenvalue weighted by Crippen LogP contribution is 2.19. The van der Waals surface area contributed by atoms with Gasteiger partial charge in [0.05, 0.1) is 19.1 Å². The number of H-pyrrole nitrogens is 1. The molecule has 0 spiro atoms. The smallest absolute Gasteiger partial charge is 0.329 e. The Labute approximate surface area is 236 Å². The SMILES string of the molecule is CCOC(=O)C(C)CC(C)C.CCOC(=O)C(CC(C)C)n1cc(Br)ccc1=O.O=c1ccc(Br)c[nH]1. The lowest BCUT2D eigenvalue weighted by Gasteiger charge is -2.20. The van der Waals surface area contributed by atoms with Crippen LogP contribution in [0.5, 0.6) is 0 Å². The van der Waals surface area contributed by atoms with Gasteiger partial charge in [-0.05, 0) is 82.5 Å². The fourth-order valence-corrected chi connectivity index (χ4v) is 3.81. The molecule has 2 unspecified atom stereocenters. The third kappa shape index (κ3) is 15.6. The molecular weight excluding hydrogens is 608 g/mol. The van der Waals surface area contributed by atoms with Crippen molar-refractivity contribution in [3.63, 3.8) is 0 Å². The summed E-state index contributed by atoms with van der Waals surface area (Å²) in [6.07, 6.45) is 4.72. The van der Waals surface area contributed by atoms with Crippen LogP contribution in [0.15, 0.2) is 55.2 Å². The molecule has 2 aromatic rings. The van der Waals surface area contributed by atoms with E-state index in [2.05, 4.69) is 50.7 Å². The summed E-state index contributed by atoms with van der Waals surface area (Å²) < 4.78 is 13.0. The molecule has 0 saturated carbocycles. The number of aromatic amines is 1. The monoisotopic (exact) mass is 646 g/mol. The van der Waals surface area contributed by atoms with Gasteiger partial charge in [0.2, 0.25) is 5.56 Å². The number of hydrogen-bond acceptors (Lipinski definition) is 6. The minimum absolute atomic E-state index is 0.0509. The van der Waals surface area contributed by atoms with Crippen LogP contribution in [0.3, 0.4) is 0 Å². The molecule has 0 radical (unpaired) electrons. The maximum Gasteiger partial charge on any atom is 0.329 e. The maximum atomic E-state index is 11.9. The van der Waals surface area contributed by atoms with E-state index in [-0.39, 0.29) is 29.0 Å². The molecule has 1 N–H and O–H groups in total. The quantitative estimate of drug-likeness (QED) is 0.328. The molecule has 0 aromatic carbocycles. The van der Waals surface area contributed by atoms with Crippen LogP contribution in [0.1, 0.15) is 67.3 Å². The van der Waals surface area contributed by atoms with Crippen molar-refractivity contribution in [2.24, 2.45) is 17.8 Å². The Morgan fingerprint density at radius 3 is 1.84 bits per heavy atom. The average molecular weight is 648 g/mol. The van der Waals surface area contributed by atoms with E-state index in [9.17, 15) is 19.2 Å². The van der Waals surface area contributed by atoms with E-state index >= 15 is 0 Å². The molecule has 37 heavy (non-hydrogen) atoms. The second-order valence-corrected chi connectivity index (χ2v) is 11.0. The highest BCUT2D eigenvalue weighted by atomic mass is 79.9. The molecule has 2 rings (SSSR count). The van der Waals surface area contributed by atoms with Crippen LogP contribution in [0, 0.1) is 17.8 Å². The third-order valence-corrected chi connectivity index (χ3v) is 5.71. The van der Waals surface area contributed by atoms with Crippen molar-refractivity contribution in [2.45, 2.75) is 67.3 Å². The molecule has 0 amide bonds. The number of rotatable bonds is 9. The molecule has 0 saturated heterocycles. The number of nitrogens with zero attached hydrogens (tertiary/aromatic N) is 1. The van der Waals surface area contributed by atoms with Crippen LogP contribution in [0.4, 0.5) is 0 Å². The van der Waals surface area contributed by atoms with E-state index in [1.54, 1.807) is 31.5 Å². The lowest BCUT2D eigenvalue weighted by molar-refractivity contribution is -0.148. The Hall–Kier alpha value is -2.20. The molecular formula is C27H40Br2N2O6. The molecule has 2 heterocycles. The standard InChI is InChI=1S/C13H18BrNO3.C9H18O2.C5H4BrNO/c1-4-18-13(17)11(7-9(2)3)15-8-10(14)5-6-12(15)16;1-5-11-9(10)8(4)6-7(2)3;6-4-1-2-5(8)7-3-4/h5-6,8-9,11H,4,7H2,1-3H3;7-8H,5-6H2,1-4H3;1-3H,(H,7,8). The molecule has 2 aromatic heterocycles. The second kappa shape index (κ2) is 19.0. The summed E-state index contributed by atoms with van der Waals surface area (Å²) >= 11 is 6.48. The maximum absolute atomic E-state index is 11.9. The van der Waals surface area contributed by atoms with Gasteiger partial charge < -0.3 is 19.0 Å². The first kappa shape index (κ1) is 34.8. The minimum atomic E-state index is -0.560. The van der Waals surface area contributed by atoms with E-state index < -0.39 is 6.04 Å². The topological polar surface area (TPSA) is 107 Å². The Bertz CT molecular complexity index is 1040. The van der Waals surface area contributed by atoms with E-state index in [1.807, 2.05) is 27.7 Å². The van der Waals surface area contributed by atoms with Gasteiger partial charge in [-0.15, -0.1) is 0 Å². The highest BCUT2D eigenvalue weighted by molar-refractivity contribution is 9.10. The molecule has 0 aliphatic carbocycles. The van der Waals surface area contributed by atoms with Gasteiger partial charge in [-0.3, -0.25) is 14.4 Å². The summed E-state index contributed by atoms with van der Waals surface area (Å²) in [5, 5.41) is 0. The summed E-state index contributed by atoms with van der Waals surface area (Å²) in [6.45, 7) is 14.5. The zero-order valence-electron chi connectivity index (χ0n) is 22.8. The normalized spacial score (nSPS) is 12.0. The predicted octanol–water partition coefficient (Wildman–Crippen LogP) is 6.13. The highest BCUT2D eigenvalue weighted by Gasteiger charge is 2.23. The minimum Gasteiger partial charge on any atom is -0.466 e. The van der Waals surface area contributed by atoms with Crippen LogP contribution in [-0.2, 0) is 19.1 Å². The number of esters is 2. The Kier molecular flexibility index (Phi) is 17.8. The number of nitrogens with one attached hydrogen (secondary N) is 1. The van der Waals surface area contributed by atoms with Gasteiger partial charge in [0.15, 0.2) is 0 Å². The molecule has 8 nitrogen and oxygen atoms in total. The molecule has 2 atom stereocenters. The number of aromatic nitrogens is 2. The molecule has 10 heteroatoms. The summed E-state index contributed by atoms with van der Waals surface area (Å²) in [5.41, 5.74) is -0.273. The Morgan fingerprint density at radius 1 is 0.838 bits per heavy atom. The van der Waals surface area contributed by atoms with Gasteiger partial charge in [0.25, 0.3) is 5.56 Å². The number of ether oxygens (including phenoxy) is 2. The van der Waals surface area contributed by atoms with E-state index in [4.69, 9.17) is 9.47 Å². The van der Waals surface area contributed by atoms with Gasteiger partial charge in [-0.2, -0.15) is 0 Å². The molecule has 208 valence electrons. The largest absolute Gasteiger partial charge is 0.466 e. The van der Waals surface area contributed by atoms with Gasteiger partial charge in [-0.1, -0.05) is 34.6 Å². The zero-order valence-corrected chi connectivity index (χ0v) is 25.9. The first-order valence-electron chi connectivity index (χ1n) is 12.4. The number of pyridine rings is 2. The Balaban J connectivity index is 0.000000579. The fourth-order valence-electron chi connectivity index (χ4n) is 3.21. The van der Waals surface area contributed by atoms with Crippen molar-refractivity contribution in [3.8, 4) is 0 Å². The molecule has 0 fully saturated rings. The van der Waals surface area contributed by atoms with Gasteiger partial charge in [-0.25, -0.2) is 4.79 Å². The average Bonchev–Trinajstić information content (AvgIpc) is 2.81. The van der Waals surface area contributed by atoms with E-state index in [1.165, 1.54) is 16.7 Å². The lowest BCUT2D eigenvalue weighted by Crippen LogP contribution is -2.31. The van der Waals surface area contributed by atoms with Crippen LogP contribution in [0.2, 0.25) is 0 Å². The zero-order chi connectivity index (χ0) is 28.5. The summed E-state index contributed by atoms with van der Waals surface area (Å²) in [7, 11) is 0. The van der Waals surface area contributed by atoms with Crippen molar-refractivity contribution in [3.05, 3.63) is 66.3 Å². The number of hydrogen-bond donors (Lipinski definition) is 1. The molecule has 0 bridgehead atoms. The van der Waals surface area contributed by atoms with Gasteiger partial charge in [0, 0.05) is 33.5 Å². The van der Waals surface area contributed by atoms with Crippen LogP contribution in [0.25, 0.3) is 0 Å². The predicted molar refractivity (Wildman–Crippen MR) is 154 cm³/mol. The van der Waals surface area contributed by atoms with Crippen molar-refractivity contribution >= 4 is 43.8 Å². The number of carbonyl (C=O) groups is 2. The first-order chi connectivity index (χ1) is 17.3. The summed E-state index contributed by atoms with van der Waals surface area (Å²) in [5.74, 6) is 0.488. The Morgan fingerprint density at radius 2 is 1.38 bits per heavy atom. The van der Waals surface area contributed by atoms with Crippen molar-refractivity contribution in [1.29, 1.82) is 0 Å². The number of halogens is 2. The van der Waals surface area contributed by atoms with Crippen LogP contribution in [-0.4, -0.2) is 34.7 Å². The second-order valence-electron chi connectivity index (χ2n) is 9.14. The van der Waals surface area contributed by atoms with Crippen molar-refractivity contribution in [2.75, 3.05) is 13.2 Å². The fraction of sp³-hybridized carbons (Fsp3) is 0.556. The van der Waals surface area contributed by atoms with Crippen molar-refractivity contribution in [1.82, 2.24) is 9.55 Å². The molecule has 0 aliphatic rings. The van der Waals surface area contributed by atoms with E-state index in [0.717, 1.165) is 15.4 Å². The first-order valence-corrected chi connectivity index (χ1v) is 14.0. The van der Waals surface area contributed by atoms with Crippen LogP contribution >= 0.6 is 31.9 Å². The lowest BCUT2D eigenvalue weighted by atomic mass is 9.99. The van der Waals surface area contributed by atoms with E-state index in [0.29, 0.717) is 31.5 Å². The summed E-state index contributed by atoms with van der Waals surface area (Å²) in [6, 6.07) is 5.70. The van der Waals surface area contributed by atoms with Crippen LogP contribution < -0.4 is 11.1 Å².